The number of rotatable bonds is 3. The minimum atomic E-state index is 0.0144. The molecule has 2 aromatic rings. The summed E-state index contributed by atoms with van der Waals surface area (Å²) in [6, 6.07) is 3.76. The summed E-state index contributed by atoms with van der Waals surface area (Å²) in [5.41, 5.74) is 5.65. The smallest absolute Gasteiger partial charge is 0.146 e. The molecule has 0 saturated carbocycles. The lowest BCUT2D eigenvalue weighted by atomic mass is 10.2. The van der Waals surface area contributed by atoms with Crippen LogP contribution in [-0.2, 0) is 0 Å². The normalized spacial score (nSPS) is 12.4. The number of hydrogen-bond acceptors (Lipinski definition) is 5. The number of nitrogens with one attached hydrogen (secondary N) is 1. The minimum Gasteiger partial charge on any atom is -0.467 e. The maximum absolute atomic E-state index is 5.65. The van der Waals surface area contributed by atoms with Crippen LogP contribution in [0.3, 0.4) is 0 Å². The average Bonchev–Trinajstić information content (AvgIpc) is 2.78. The fraction of sp³-hybridized carbons (Fsp3) is 0.200. The zero-order valence-corrected chi connectivity index (χ0v) is 10.2. The molecule has 2 aromatic heterocycles. The van der Waals surface area contributed by atoms with Gasteiger partial charge in [-0.25, -0.2) is 9.97 Å². The molecule has 84 valence electrons. The monoisotopic (exact) mass is 282 g/mol. The van der Waals surface area contributed by atoms with Crippen LogP contribution in [0.1, 0.15) is 18.7 Å². The van der Waals surface area contributed by atoms with Gasteiger partial charge in [-0.1, -0.05) is 0 Å². The summed E-state index contributed by atoms with van der Waals surface area (Å²) in [6.07, 6.45) is 3.05. The largest absolute Gasteiger partial charge is 0.467 e. The van der Waals surface area contributed by atoms with Crippen molar-refractivity contribution >= 4 is 27.6 Å². The number of aromatic nitrogens is 2. The molecule has 0 spiro atoms. The van der Waals surface area contributed by atoms with Crippen LogP contribution in [0.25, 0.3) is 0 Å². The van der Waals surface area contributed by atoms with Crippen molar-refractivity contribution < 1.29 is 4.42 Å². The quantitative estimate of drug-likeness (QED) is 0.905. The molecule has 0 bridgehead atoms. The second kappa shape index (κ2) is 4.52. The molecular weight excluding hydrogens is 272 g/mol. The Morgan fingerprint density at radius 3 is 3.00 bits per heavy atom. The molecule has 0 fully saturated rings. The highest BCUT2D eigenvalue weighted by atomic mass is 79.9. The van der Waals surface area contributed by atoms with E-state index >= 15 is 0 Å². The maximum atomic E-state index is 5.65. The average molecular weight is 283 g/mol. The highest BCUT2D eigenvalue weighted by molar-refractivity contribution is 9.10. The molecule has 1 unspecified atom stereocenters. The van der Waals surface area contributed by atoms with E-state index in [1.165, 1.54) is 6.33 Å². The zero-order valence-electron chi connectivity index (χ0n) is 8.64. The van der Waals surface area contributed by atoms with Crippen LogP contribution in [0.4, 0.5) is 11.6 Å². The Hall–Kier alpha value is -1.56. The van der Waals surface area contributed by atoms with Gasteiger partial charge in [0.25, 0.3) is 0 Å². The highest BCUT2D eigenvalue weighted by Gasteiger charge is 2.12. The molecule has 0 amide bonds. The first-order valence-corrected chi connectivity index (χ1v) is 5.53. The lowest BCUT2D eigenvalue weighted by Gasteiger charge is -2.13. The van der Waals surface area contributed by atoms with Gasteiger partial charge in [0.2, 0.25) is 0 Å². The van der Waals surface area contributed by atoms with Gasteiger partial charge in [0, 0.05) is 0 Å². The third-order valence-electron chi connectivity index (χ3n) is 2.14. The Balaban J connectivity index is 2.18. The van der Waals surface area contributed by atoms with E-state index in [0.29, 0.717) is 16.1 Å². The van der Waals surface area contributed by atoms with Gasteiger partial charge in [-0.3, -0.25) is 0 Å². The van der Waals surface area contributed by atoms with Gasteiger partial charge in [0.1, 0.15) is 28.2 Å². The van der Waals surface area contributed by atoms with E-state index in [1.807, 2.05) is 19.1 Å². The number of furan rings is 1. The van der Waals surface area contributed by atoms with E-state index in [-0.39, 0.29) is 6.04 Å². The topological polar surface area (TPSA) is 77.0 Å². The Kier molecular flexibility index (Phi) is 3.09. The fourth-order valence-electron chi connectivity index (χ4n) is 1.30. The summed E-state index contributed by atoms with van der Waals surface area (Å²) in [7, 11) is 0. The third-order valence-corrected chi connectivity index (χ3v) is 2.92. The van der Waals surface area contributed by atoms with Crippen LogP contribution in [0.5, 0.6) is 0 Å². The van der Waals surface area contributed by atoms with E-state index in [2.05, 4.69) is 31.2 Å². The molecule has 0 radical (unpaired) electrons. The predicted molar refractivity (Wildman–Crippen MR) is 64.9 cm³/mol. The first kappa shape index (κ1) is 10.9. The number of hydrogen-bond donors (Lipinski definition) is 2. The van der Waals surface area contributed by atoms with Crippen LogP contribution in [0.2, 0.25) is 0 Å². The van der Waals surface area contributed by atoms with E-state index < -0.39 is 0 Å². The molecule has 0 aliphatic rings. The molecule has 3 N–H and O–H groups in total. The first-order valence-electron chi connectivity index (χ1n) is 4.74. The van der Waals surface area contributed by atoms with Gasteiger partial charge in [0.05, 0.1) is 12.3 Å². The van der Waals surface area contributed by atoms with E-state index in [4.69, 9.17) is 10.2 Å². The van der Waals surface area contributed by atoms with Crippen molar-refractivity contribution in [2.45, 2.75) is 13.0 Å². The molecule has 1 atom stereocenters. The maximum Gasteiger partial charge on any atom is 0.146 e. The predicted octanol–water partition coefficient (Wildman–Crippen LogP) is 2.59. The second-order valence-electron chi connectivity index (χ2n) is 3.30. The fourth-order valence-corrected chi connectivity index (χ4v) is 1.62. The Bertz CT molecular complexity index is 472. The third kappa shape index (κ3) is 2.16. The van der Waals surface area contributed by atoms with Crippen LogP contribution >= 0.6 is 15.9 Å². The van der Waals surface area contributed by atoms with Crippen molar-refractivity contribution in [2.75, 3.05) is 11.1 Å². The summed E-state index contributed by atoms with van der Waals surface area (Å²) in [5.74, 6) is 1.89. The minimum absolute atomic E-state index is 0.0144. The highest BCUT2D eigenvalue weighted by Crippen LogP contribution is 2.27. The van der Waals surface area contributed by atoms with E-state index in [1.54, 1.807) is 6.26 Å². The Morgan fingerprint density at radius 1 is 1.50 bits per heavy atom. The van der Waals surface area contributed by atoms with Gasteiger partial charge >= 0.3 is 0 Å². The molecule has 2 rings (SSSR count). The van der Waals surface area contributed by atoms with Crippen LogP contribution in [0, 0.1) is 0 Å². The summed E-state index contributed by atoms with van der Waals surface area (Å²) in [4.78, 5) is 7.96. The molecular formula is C10H11BrN4O. The molecule has 0 saturated heterocycles. The van der Waals surface area contributed by atoms with Gasteiger partial charge in [-0.2, -0.15) is 0 Å². The van der Waals surface area contributed by atoms with Gasteiger partial charge in [-0.15, -0.1) is 0 Å². The van der Waals surface area contributed by atoms with Crippen molar-refractivity contribution in [3.05, 3.63) is 35.0 Å². The molecule has 0 aliphatic heterocycles. The van der Waals surface area contributed by atoms with Crippen molar-refractivity contribution in [1.29, 1.82) is 0 Å². The van der Waals surface area contributed by atoms with E-state index in [9.17, 15) is 0 Å². The van der Waals surface area contributed by atoms with Gasteiger partial charge in [0.15, 0.2) is 0 Å². The summed E-state index contributed by atoms with van der Waals surface area (Å²) >= 11 is 3.33. The molecule has 0 aromatic carbocycles. The number of nitrogen functional groups attached to an aromatic ring is 1. The standard InChI is InChI=1S/C10H11BrN4O/c1-6(7-3-2-4-16-7)15-10-8(11)9(12)13-5-14-10/h2-6H,1H3,(H3,12,13,14,15). The van der Waals surface area contributed by atoms with Crippen molar-refractivity contribution in [3.8, 4) is 0 Å². The summed E-state index contributed by atoms with van der Waals surface area (Å²) in [6.45, 7) is 1.98. The first-order chi connectivity index (χ1) is 7.68. The van der Waals surface area contributed by atoms with Crippen LogP contribution in [-0.4, -0.2) is 9.97 Å². The Morgan fingerprint density at radius 2 is 2.31 bits per heavy atom. The lowest BCUT2D eigenvalue weighted by molar-refractivity contribution is 0.490. The number of nitrogens with zero attached hydrogens (tertiary/aromatic N) is 2. The van der Waals surface area contributed by atoms with Crippen molar-refractivity contribution in [3.63, 3.8) is 0 Å². The molecule has 2 heterocycles. The lowest BCUT2D eigenvalue weighted by Crippen LogP contribution is -2.09. The SMILES string of the molecule is CC(Nc1ncnc(N)c1Br)c1ccco1. The second-order valence-corrected chi connectivity index (χ2v) is 4.10. The van der Waals surface area contributed by atoms with Crippen LogP contribution < -0.4 is 11.1 Å². The van der Waals surface area contributed by atoms with Crippen molar-refractivity contribution in [2.24, 2.45) is 0 Å². The number of nitrogens with two attached hydrogens (primary N) is 1. The van der Waals surface area contributed by atoms with Gasteiger partial charge in [-0.05, 0) is 35.0 Å². The molecule has 6 heteroatoms. The zero-order chi connectivity index (χ0) is 11.5. The molecule has 16 heavy (non-hydrogen) atoms. The summed E-state index contributed by atoms with van der Waals surface area (Å²) in [5, 5.41) is 3.18. The molecule has 5 nitrogen and oxygen atoms in total. The van der Waals surface area contributed by atoms with Crippen LogP contribution in [0.15, 0.2) is 33.6 Å². The Labute approximate surface area is 101 Å². The number of halogens is 1. The summed E-state index contributed by atoms with van der Waals surface area (Å²) < 4.78 is 5.95. The van der Waals surface area contributed by atoms with Gasteiger partial charge < -0.3 is 15.5 Å². The van der Waals surface area contributed by atoms with Crippen molar-refractivity contribution in [1.82, 2.24) is 9.97 Å². The van der Waals surface area contributed by atoms with E-state index in [0.717, 1.165) is 5.76 Å². The number of anilines is 2. The molecule has 0 aliphatic carbocycles.